The van der Waals surface area contributed by atoms with E-state index in [9.17, 15) is 8.42 Å². The summed E-state index contributed by atoms with van der Waals surface area (Å²) >= 11 is 0. The van der Waals surface area contributed by atoms with Crippen molar-refractivity contribution in [2.75, 3.05) is 5.75 Å². The highest BCUT2D eigenvalue weighted by atomic mass is 32.2. The van der Waals surface area contributed by atoms with E-state index < -0.39 is 10.0 Å². The molecule has 0 bridgehead atoms. The van der Waals surface area contributed by atoms with Crippen molar-refractivity contribution in [1.82, 2.24) is 4.72 Å². The smallest absolute Gasteiger partial charge is 0.211 e. The number of benzene rings is 1. The first-order valence-electron chi connectivity index (χ1n) is 5.02. The van der Waals surface area contributed by atoms with Crippen LogP contribution in [-0.4, -0.2) is 25.2 Å². The number of nitrogens with one attached hydrogen (secondary N) is 1. The number of amidine groups is 1. The summed E-state index contributed by atoms with van der Waals surface area (Å²) in [4.78, 5) is 0. The van der Waals surface area contributed by atoms with Gasteiger partial charge in [0.1, 0.15) is 0 Å². The third kappa shape index (κ3) is 4.04. The first-order valence-corrected chi connectivity index (χ1v) is 6.68. The van der Waals surface area contributed by atoms with E-state index in [4.69, 9.17) is 10.9 Å². The van der Waals surface area contributed by atoms with Crippen molar-refractivity contribution in [3.63, 3.8) is 0 Å². The van der Waals surface area contributed by atoms with Gasteiger partial charge in [0, 0.05) is 12.1 Å². The molecule has 0 aliphatic heterocycles. The summed E-state index contributed by atoms with van der Waals surface area (Å²) in [6.07, 6.45) is 0. The van der Waals surface area contributed by atoms with Crippen LogP contribution in [0.2, 0.25) is 0 Å². The van der Waals surface area contributed by atoms with E-state index >= 15 is 0 Å². The molecule has 0 aliphatic carbocycles. The van der Waals surface area contributed by atoms with Gasteiger partial charge in [-0.1, -0.05) is 23.4 Å². The van der Waals surface area contributed by atoms with Crippen molar-refractivity contribution in [2.45, 2.75) is 13.5 Å². The van der Waals surface area contributed by atoms with Gasteiger partial charge in [-0.15, -0.1) is 0 Å². The Morgan fingerprint density at radius 2 is 2.24 bits per heavy atom. The van der Waals surface area contributed by atoms with Crippen molar-refractivity contribution < 1.29 is 13.6 Å². The number of oxime groups is 1. The largest absolute Gasteiger partial charge is 0.409 e. The topological polar surface area (TPSA) is 105 Å². The summed E-state index contributed by atoms with van der Waals surface area (Å²) in [7, 11) is -3.22. The normalized spacial score (nSPS) is 12.6. The molecule has 1 aromatic carbocycles. The molecule has 0 aliphatic rings. The van der Waals surface area contributed by atoms with Gasteiger partial charge < -0.3 is 10.9 Å². The molecular formula is C10H15N3O3S. The van der Waals surface area contributed by atoms with E-state index in [-0.39, 0.29) is 18.1 Å². The second kappa shape index (κ2) is 5.65. The molecule has 0 atom stereocenters. The highest BCUT2D eigenvalue weighted by molar-refractivity contribution is 7.89. The summed E-state index contributed by atoms with van der Waals surface area (Å²) in [5.41, 5.74) is 6.72. The van der Waals surface area contributed by atoms with Crippen molar-refractivity contribution >= 4 is 15.9 Å². The first kappa shape index (κ1) is 13.5. The van der Waals surface area contributed by atoms with Crippen LogP contribution in [0.4, 0.5) is 0 Å². The molecule has 0 spiro atoms. The molecule has 0 fully saturated rings. The van der Waals surface area contributed by atoms with E-state index in [1.54, 1.807) is 31.2 Å². The summed E-state index contributed by atoms with van der Waals surface area (Å²) in [6, 6.07) is 6.80. The molecule has 4 N–H and O–H groups in total. The minimum atomic E-state index is -3.22. The zero-order valence-corrected chi connectivity index (χ0v) is 10.2. The minimum absolute atomic E-state index is 0.00908. The highest BCUT2D eigenvalue weighted by Gasteiger charge is 2.06. The molecule has 0 heterocycles. The van der Waals surface area contributed by atoms with Crippen molar-refractivity contribution in [2.24, 2.45) is 10.9 Å². The molecule has 1 aromatic rings. The molecule has 94 valence electrons. The lowest BCUT2D eigenvalue weighted by Gasteiger charge is -2.06. The average molecular weight is 257 g/mol. The predicted octanol–water partition coefficient (Wildman–Crippen LogP) is 0.220. The fourth-order valence-electron chi connectivity index (χ4n) is 1.19. The van der Waals surface area contributed by atoms with Crippen LogP contribution in [0.1, 0.15) is 18.1 Å². The summed E-state index contributed by atoms with van der Waals surface area (Å²) < 4.78 is 24.9. The van der Waals surface area contributed by atoms with Gasteiger partial charge >= 0.3 is 0 Å². The zero-order valence-electron chi connectivity index (χ0n) is 9.42. The molecule has 0 unspecified atom stereocenters. The van der Waals surface area contributed by atoms with Crippen molar-refractivity contribution in [3.05, 3.63) is 35.4 Å². The van der Waals surface area contributed by atoms with Crippen LogP contribution in [-0.2, 0) is 16.6 Å². The van der Waals surface area contributed by atoms with E-state index in [0.29, 0.717) is 5.56 Å². The van der Waals surface area contributed by atoms with Gasteiger partial charge in [-0.3, -0.25) is 0 Å². The second-order valence-corrected chi connectivity index (χ2v) is 5.51. The predicted molar refractivity (Wildman–Crippen MR) is 65.3 cm³/mol. The van der Waals surface area contributed by atoms with Gasteiger partial charge in [-0.05, 0) is 18.6 Å². The lowest BCUT2D eigenvalue weighted by atomic mass is 10.1. The fraction of sp³-hybridized carbons (Fsp3) is 0.300. The monoisotopic (exact) mass is 257 g/mol. The van der Waals surface area contributed by atoms with Gasteiger partial charge in [0.25, 0.3) is 0 Å². The summed E-state index contributed by atoms with van der Waals surface area (Å²) in [5, 5.41) is 11.4. The van der Waals surface area contributed by atoms with E-state index in [1.807, 2.05) is 0 Å². The second-order valence-electron chi connectivity index (χ2n) is 3.41. The average Bonchev–Trinajstić information content (AvgIpc) is 2.36. The van der Waals surface area contributed by atoms with Crippen molar-refractivity contribution in [3.8, 4) is 0 Å². The van der Waals surface area contributed by atoms with Gasteiger partial charge in [-0.25, -0.2) is 13.1 Å². The Morgan fingerprint density at radius 1 is 1.53 bits per heavy atom. The third-order valence-electron chi connectivity index (χ3n) is 2.21. The molecule has 1 rings (SSSR count). The number of hydrogen-bond acceptors (Lipinski definition) is 4. The van der Waals surface area contributed by atoms with Crippen LogP contribution in [0.5, 0.6) is 0 Å². The Balaban J connectivity index is 2.80. The lowest BCUT2D eigenvalue weighted by molar-refractivity contribution is 0.318. The summed E-state index contributed by atoms with van der Waals surface area (Å²) in [5.74, 6) is 0.0256. The maximum atomic E-state index is 11.2. The van der Waals surface area contributed by atoms with Crippen molar-refractivity contribution in [1.29, 1.82) is 0 Å². The van der Waals surface area contributed by atoms with Crippen LogP contribution in [0.25, 0.3) is 0 Å². The molecule has 6 nitrogen and oxygen atoms in total. The third-order valence-corrected chi connectivity index (χ3v) is 3.55. The molecular weight excluding hydrogens is 242 g/mol. The van der Waals surface area contributed by atoms with Crippen LogP contribution < -0.4 is 10.5 Å². The Hall–Kier alpha value is -1.60. The van der Waals surface area contributed by atoms with Gasteiger partial charge in [0.15, 0.2) is 5.84 Å². The fourth-order valence-corrected chi connectivity index (χ4v) is 1.78. The quantitative estimate of drug-likeness (QED) is 0.304. The van der Waals surface area contributed by atoms with Gasteiger partial charge in [-0.2, -0.15) is 0 Å². The van der Waals surface area contributed by atoms with Gasteiger partial charge in [0.2, 0.25) is 10.0 Å². The molecule has 0 amide bonds. The molecule has 0 saturated heterocycles. The highest BCUT2D eigenvalue weighted by Crippen LogP contribution is 2.05. The standard InChI is InChI=1S/C10H15N3O3S/c1-2-17(15,16)12-7-8-4-3-5-9(6-8)10(11)13-14/h3-6,12,14H,2,7H2,1H3,(H2,11,13). The maximum absolute atomic E-state index is 11.2. The van der Waals surface area contributed by atoms with Crippen LogP contribution >= 0.6 is 0 Å². The minimum Gasteiger partial charge on any atom is -0.409 e. The van der Waals surface area contributed by atoms with Crippen LogP contribution in [0.3, 0.4) is 0 Å². The Morgan fingerprint density at radius 3 is 2.82 bits per heavy atom. The van der Waals surface area contributed by atoms with Crippen LogP contribution in [0.15, 0.2) is 29.4 Å². The summed E-state index contributed by atoms with van der Waals surface area (Å²) in [6.45, 7) is 1.75. The number of nitrogens with two attached hydrogens (primary N) is 1. The van der Waals surface area contributed by atoms with Gasteiger partial charge in [0.05, 0.1) is 5.75 Å². The number of nitrogens with zero attached hydrogens (tertiary/aromatic N) is 1. The van der Waals surface area contributed by atoms with E-state index in [2.05, 4.69) is 9.88 Å². The van der Waals surface area contributed by atoms with E-state index in [0.717, 1.165) is 5.56 Å². The van der Waals surface area contributed by atoms with E-state index in [1.165, 1.54) is 0 Å². The maximum Gasteiger partial charge on any atom is 0.211 e. The van der Waals surface area contributed by atoms with Crippen LogP contribution in [0, 0.1) is 0 Å². The molecule has 0 aromatic heterocycles. The number of hydrogen-bond donors (Lipinski definition) is 3. The SMILES string of the molecule is CCS(=O)(=O)NCc1cccc(C(N)=NO)c1. The zero-order chi connectivity index (χ0) is 12.9. The molecule has 0 radical (unpaired) electrons. The molecule has 17 heavy (non-hydrogen) atoms. The first-order chi connectivity index (χ1) is 7.98. The Labute approximate surface area is 100 Å². The Bertz CT molecular complexity index is 511. The molecule has 0 saturated carbocycles. The lowest BCUT2D eigenvalue weighted by Crippen LogP contribution is -2.24. The molecule has 7 heteroatoms. The number of rotatable bonds is 5. The number of sulfonamides is 1. The Kier molecular flexibility index (Phi) is 4.47.